The summed E-state index contributed by atoms with van der Waals surface area (Å²) in [6.07, 6.45) is 5.94. The van der Waals surface area contributed by atoms with Gasteiger partial charge in [-0.25, -0.2) is 0 Å². The maximum absolute atomic E-state index is 12.6. The van der Waals surface area contributed by atoms with Gasteiger partial charge < -0.3 is 21.4 Å². The summed E-state index contributed by atoms with van der Waals surface area (Å²) < 4.78 is 0. The molecular formula is C30H28N10O4. The molecule has 14 heteroatoms. The number of aromatic nitrogens is 6. The predicted octanol–water partition coefficient (Wildman–Crippen LogP) is 1.63. The van der Waals surface area contributed by atoms with E-state index >= 15 is 0 Å². The van der Waals surface area contributed by atoms with E-state index in [2.05, 4.69) is 40.8 Å². The smallest absolute Gasteiger partial charge is 0.269 e. The van der Waals surface area contributed by atoms with Gasteiger partial charge in [0, 0.05) is 23.5 Å². The number of benzene rings is 2. The van der Waals surface area contributed by atoms with Crippen molar-refractivity contribution in [1.29, 1.82) is 0 Å². The molecule has 0 unspecified atom stereocenters. The Hall–Kier alpha value is -6.18. The number of nitrogens with zero attached hydrogens (tertiary/aromatic N) is 2. The van der Waals surface area contributed by atoms with Crippen molar-refractivity contribution < 1.29 is 9.59 Å². The number of hydrogen-bond donors (Lipinski definition) is 8. The predicted molar refractivity (Wildman–Crippen MR) is 165 cm³/mol. The van der Waals surface area contributed by atoms with Crippen molar-refractivity contribution in [2.24, 2.45) is 0 Å². The summed E-state index contributed by atoms with van der Waals surface area (Å²) in [6.45, 7) is 0. The Balaban J connectivity index is 0.995. The number of rotatable bonds is 8. The molecule has 0 saturated carbocycles. The first-order valence-corrected chi connectivity index (χ1v) is 13.7. The number of H-pyrrole nitrogens is 4. The van der Waals surface area contributed by atoms with Gasteiger partial charge in [0.2, 0.25) is 11.9 Å². The number of nitrogen functional groups attached to an aromatic ring is 2. The van der Waals surface area contributed by atoms with Gasteiger partial charge in [-0.15, -0.1) is 0 Å². The number of nitrogens with one attached hydrogen (secondary N) is 6. The number of aryl methyl sites for hydroxylation is 4. The summed E-state index contributed by atoms with van der Waals surface area (Å²) in [5.74, 6) is -0.813. The molecule has 0 aliphatic rings. The molecule has 2 amide bonds. The number of carbonyl (C=O) groups excluding carboxylic acids is 2. The molecule has 0 atom stereocenters. The van der Waals surface area contributed by atoms with Crippen molar-refractivity contribution in [3.8, 4) is 0 Å². The number of amides is 2. The first kappa shape index (κ1) is 28.0. The van der Waals surface area contributed by atoms with E-state index in [1.54, 1.807) is 36.7 Å². The molecule has 0 saturated heterocycles. The van der Waals surface area contributed by atoms with Gasteiger partial charge >= 0.3 is 0 Å². The SMILES string of the molecule is Nc1nc2[nH]cc(CCc3ccc(C(=O)NNC(=O)c4ccc(CCc5c[nH]c6nc(N)[nH]c(=O)c56)cc4)cc3)c2c(=O)[nH]1. The zero-order valence-corrected chi connectivity index (χ0v) is 23.3. The molecule has 0 fully saturated rings. The Labute approximate surface area is 248 Å². The van der Waals surface area contributed by atoms with Crippen molar-refractivity contribution >= 4 is 45.8 Å². The third-order valence-electron chi connectivity index (χ3n) is 7.37. The molecule has 0 radical (unpaired) electrons. The van der Waals surface area contributed by atoms with Gasteiger partial charge in [0.1, 0.15) is 11.3 Å². The van der Waals surface area contributed by atoms with Gasteiger partial charge in [-0.05, 0) is 72.2 Å². The minimum atomic E-state index is -0.460. The molecule has 222 valence electrons. The maximum atomic E-state index is 12.6. The molecule has 0 spiro atoms. The van der Waals surface area contributed by atoms with Gasteiger partial charge in [-0.2, -0.15) is 9.97 Å². The fourth-order valence-corrected chi connectivity index (χ4v) is 5.10. The number of carbonyl (C=O) groups is 2. The fraction of sp³-hybridized carbons (Fsp3) is 0.133. The maximum Gasteiger partial charge on any atom is 0.269 e. The van der Waals surface area contributed by atoms with Crippen molar-refractivity contribution in [3.05, 3.63) is 115 Å². The van der Waals surface area contributed by atoms with Crippen LogP contribution < -0.4 is 33.4 Å². The van der Waals surface area contributed by atoms with E-state index in [1.165, 1.54) is 0 Å². The largest absolute Gasteiger partial charge is 0.369 e. The summed E-state index contributed by atoms with van der Waals surface area (Å²) in [5.41, 5.74) is 20.7. The lowest BCUT2D eigenvalue weighted by Crippen LogP contribution is -2.41. The summed E-state index contributed by atoms with van der Waals surface area (Å²) in [4.78, 5) is 68.9. The van der Waals surface area contributed by atoms with E-state index < -0.39 is 11.8 Å². The molecule has 6 rings (SSSR count). The minimum absolute atomic E-state index is 0.0536. The van der Waals surface area contributed by atoms with Crippen LogP contribution in [0.4, 0.5) is 11.9 Å². The zero-order chi connectivity index (χ0) is 30.8. The molecular weight excluding hydrogens is 564 g/mol. The molecule has 0 aliphatic carbocycles. The first-order valence-electron chi connectivity index (χ1n) is 13.7. The standard InChI is InChI=1S/C30H28N10O4/c31-29-35-23-21(27(43)37-29)19(13-33-23)11-5-15-1-7-17(8-2-15)25(41)39-40-26(42)18-9-3-16(4-10-18)6-12-20-14-34-24-22(20)28(44)38-30(32)36-24/h1-4,7-10,13-14H,5-6,11-12H2,(H,39,41)(H,40,42)(H4,31,33,35,37,43)(H4,32,34,36,38,44). The van der Waals surface area contributed by atoms with Crippen molar-refractivity contribution in [2.45, 2.75) is 25.7 Å². The van der Waals surface area contributed by atoms with Crippen LogP contribution in [0.3, 0.4) is 0 Å². The van der Waals surface area contributed by atoms with Crippen LogP contribution >= 0.6 is 0 Å². The van der Waals surface area contributed by atoms with Crippen LogP contribution in [0.1, 0.15) is 43.0 Å². The number of nitrogens with two attached hydrogens (primary N) is 2. The van der Waals surface area contributed by atoms with Crippen LogP contribution in [-0.4, -0.2) is 41.7 Å². The number of fused-ring (bicyclic) bond motifs is 2. The highest BCUT2D eigenvalue weighted by Gasteiger charge is 2.13. The second kappa shape index (κ2) is 11.6. The van der Waals surface area contributed by atoms with Crippen LogP contribution in [0.15, 0.2) is 70.5 Å². The van der Waals surface area contributed by atoms with Gasteiger partial charge in [-0.3, -0.25) is 40.0 Å². The molecule has 6 aromatic rings. The molecule has 44 heavy (non-hydrogen) atoms. The summed E-state index contributed by atoms with van der Waals surface area (Å²) in [7, 11) is 0. The first-order chi connectivity index (χ1) is 21.2. The van der Waals surface area contributed by atoms with Crippen LogP contribution in [-0.2, 0) is 25.7 Å². The number of aromatic amines is 4. The lowest BCUT2D eigenvalue weighted by Gasteiger charge is -2.09. The number of hydrogen-bond acceptors (Lipinski definition) is 8. The molecule has 0 aliphatic heterocycles. The van der Waals surface area contributed by atoms with E-state index in [4.69, 9.17) is 11.5 Å². The zero-order valence-electron chi connectivity index (χ0n) is 23.3. The Kier molecular flexibility index (Phi) is 7.37. The van der Waals surface area contributed by atoms with Crippen LogP contribution in [0.2, 0.25) is 0 Å². The van der Waals surface area contributed by atoms with Crippen LogP contribution in [0.5, 0.6) is 0 Å². The van der Waals surface area contributed by atoms with Crippen molar-refractivity contribution in [1.82, 2.24) is 40.8 Å². The van der Waals surface area contributed by atoms with Crippen LogP contribution in [0.25, 0.3) is 22.1 Å². The molecule has 0 bridgehead atoms. The van der Waals surface area contributed by atoms with E-state index in [9.17, 15) is 19.2 Å². The van der Waals surface area contributed by atoms with Crippen molar-refractivity contribution in [3.63, 3.8) is 0 Å². The van der Waals surface area contributed by atoms with Gasteiger partial charge in [0.05, 0.1) is 10.8 Å². The quantitative estimate of drug-likeness (QED) is 0.121. The monoisotopic (exact) mass is 592 g/mol. The Morgan fingerprint density at radius 2 is 1.00 bits per heavy atom. The Morgan fingerprint density at radius 3 is 1.39 bits per heavy atom. The van der Waals surface area contributed by atoms with Crippen molar-refractivity contribution in [2.75, 3.05) is 11.5 Å². The van der Waals surface area contributed by atoms with Gasteiger partial charge in [0.15, 0.2) is 0 Å². The second-order valence-electron chi connectivity index (χ2n) is 10.3. The second-order valence-corrected chi connectivity index (χ2v) is 10.3. The van der Waals surface area contributed by atoms with Crippen LogP contribution in [0, 0.1) is 0 Å². The highest BCUT2D eigenvalue weighted by Crippen LogP contribution is 2.17. The van der Waals surface area contributed by atoms with E-state index in [1.807, 2.05) is 24.3 Å². The third kappa shape index (κ3) is 5.76. The summed E-state index contributed by atoms with van der Waals surface area (Å²) in [5, 5.41) is 0.959. The minimum Gasteiger partial charge on any atom is -0.369 e. The number of hydrazine groups is 1. The normalized spacial score (nSPS) is 11.2. The van der Waals surface area contributed by atoms with E-state index in [0.29, 0.717) is 58.9 Å². The highest BCUT2D eigenvalue weighted by molar-refractivity contribution is 5.99. The lowest BCUT2D eigenvalue weighted by atomic mass is 10.0. The lowest BCUT2D eigenvalue weighted by molar-refractivity contribution is 0.0846. The highest BCUT2D eigenvalue weighted by atomic mass is 16.2. The third-order valence-corrected chi connectivity index (χ3v) is 7.37. The molecule has 14 nitrogen and oxygen atoms in total. The Morgan fingerprint density at radius 1 is 0.614 bits per heavy atom. The van der Waals surface area contributed by atoms with E-state index in [-0.39, 0.29) is 23.0 Å². The van der Waals surface area contributed by atoms with Gasteiger partial charge in [-0.1, -0.05) is 24.3 Å². The number of anilines is 2. The molecule has 4 aromatic heterocycles. The fourth-order valence-electron chi connectivity index (χ4n) is 5.10. The average Bonchev–Trinajstić information content (AvgIpc) is 3.62. The Bertz CT molecular complexity index is 1970. The molecule has 4 heterocycles. The molecule has 10 N–H and O–H groups in total. The van der Waals surface area contributed by atoms with E-state index in [0.717, 1.165) is 22.3 Å². The van der Waals surface area contributed by atoms with Gasteiger partial charge in [0.25, 0.3) is 22.9 Å². The molecule has 2 aromatic carbocycles. The average molecular weight is 593 g/mol. The summed E-state index contributed by atoms with van der Waals surface area (Å²) >= 11 is 0. The topological polar surface area (TPSA) is 233 Å². The summed E-state index contributed by atoms with van der Waals surface area (Å²) in [6, 6.07) is 14.0.